The van der Waals surface area contributed by atoms with Crippen molar-refractivity contribution in [3.8, 4) is 5.75 Å². The van der Waals surface area contributed by atoms with E-state index in [1.807, 2.05) is 24.3 Å². The van der Waals surface area contributed by atoms with Crippen molar-refractivity contribution < 1.29 is 9.53 Å². The van der Waals surface area contributed by atoms with Crippen LogP contribution >= 0.6 is 0 Å². The number of amides is 1. The Morgan fingerprint density at radius 1 is 1.47 bits per heavy atom. The molecule has 1 amide bonds. The van der Waals surface area contributed by atoms with Gasteiger partial charge in [-0.1, -0.05) is 18.2 Å². The summed E-state index contributed by atoms with van der Waals surface area (Å²) >= 11 is 0. The molecule has 2 aromatic rings. The Kier molecular flexibility index (Phi) is 3.34. The van der Waals surface area contributed by atoms with Gasteiger partial charge in [-0.05, 0) is 6.07 Å². The standard InChI is InChI=1S/C11H12N4O2/c1-17-9-5-3-2-4-8(9)6-10(16)14-11-12-7-13-15-11/h2-5,7H,6H2,1H3,(H2,12,13,14,15,16). The Bertz CT molecular complexity index is 496. The lowest BCUT2D eigenvalue weighted by atomic mass is 10.1. The van der Waals surface area contributed by atoms with Crippen molar-refractivity contribution in [1.82, 2.24) is 15.2 Å². The average Bonchev–Trinajstić information content (AvgIpc) is 2.82. The van der Waals surface area contributed by atoms with Crippen molar-refractivity contribution in [3.63, 3.8) is 0 Å². The van der Waals surface area contributed by atoms with Gasteiger partial charge in [-0.25, -0.2) is 5.10 Å². The number of aromatic amines is 1. The van der Waals surface area contributed by atoms with Crippen LogP contribution in [-0.2, 0) is 11.2 Å². The van der Waals surface area contributed by atoms with Gasteiger partial charge in [0.2, 0.25) is 11.9 Å². The molecule has 2 N–H and O–H groups in total. The van der Waals surface area contributed by atoms with Gasteiger partial charge in [0.05, 0.1) is 13.5 Å². The Morgan fingerprint density at radius 2 is 2.29 bits per heavy atom. The number of aromatic nitrogens is 3. The van der Waals surface area contributed by atoms with Crippen molar-refractivity contribution in [3.05, 3.63) is 36.2 Å². The lowest BCUT2D eigenvalue weighted by Crippen LogP contribution is -2.15. The number of hydrogen-bond acceptors (Lipinski definition) is 4. The van der Waals surface area contributed by atoms with Crippen LogP contribution in [0.4, 0.5) is 5.95 Å². The Balaban J connectivity index is 2.03. The number of para-hydroxylation sites is 1. The van der Waals surface area contributed by atoms with Crippen molar-refractivity contribution >= 4 is 11.9 Å². The fraction of sp³-hybridized carbons (Fsp3) is 0.182. The van der Waals surface area contributed by atoms with Crippen LogP contribution in [0.2, 0.25) is 0 Å². The third-order valence-corrected chi connectivity index (χ3v) is 2.22. The summed E-state index contributed by atoms with van der Waals surface area (Å²) in [6.45, 7) is 0. The Labute approximate surface area is 98.0 Å². The molecule has 0 aliphatic carbocycles. The summed E-state index contributed by atoms with van der Waals surface area (Å²) in [5.74, 6) is 0.858. The van der Waals surface area contributed by atoms with Crippen LogP contribution in [0.5, 0.6) is 5.75 Å². The summed E-state index contributed by atoms with van der Waals surface area (Å²) in [7, 11) is 1.58. The van der Waals surface area contributed by atoms with Crippen LogP contribution < -0.4 is 10.1 Å². The molecule has 0 spiro atoms. The maximum atomic E-state index is 11.7. The predicted molar refractivity (Wildman–Crippen MR) is 61.7 cm³/mol. The van der Waals surface area contributed by atoms with Crippen LogP contribution in [0, 0.1) is 0 Å². The second-order valence-corrected chi connectivity index (χ2v) is 3.37. The Hall–Kier alpha value is -2.37. The van der Waals surface area contributed by atoms with E-state index in [2.05, 4.69) is 20.5 Å². The summed E-state index contributed by atoms with van der Waals surface area (Å²) in [6.07, 6.45) is 1.56. The van der Waals surface area contributed by atoms with E-state index < -0.39 is 0 Å². The molecule has 0 unspecified atom stereocenters. The summed E-state index contributed by atoms with van der Waals surface area (Å²) < 4.78 is 5.17. The number of ether oxygens (including phenoxy) is 1. The van der Waals surface area contributed by atoms with E-state index in [-0.39, 0.29) is 12.3 Å². The molecule has 0 saturated carbocycles. The van der Waals surface area contributed by atoms with E-state index >= 15 is 0 Å². The zero-order valence-electron chi connectivity index (χ0n) is 9.30. The molecular weight excluding hydrogens is 220 g/mol. The molecule has 6 nitrogen and oxygen atoms in total. The number of nitrogens with one attached hydrogen (secondary N) is 2. The van der Waals surface area contributed by atoms with Crippen molar-refractivity contribution in [2.24, 2.45) is 0 Å². The molecule has 2 rings (SSSR count). The summed E-state index contributed by atoms with van der Waals surface area (Å²) in [6, 6.07) is 7.38. The number of hydrogen-bond donors (Lipinski definition) is 2. The fourth-order valence-corrected chi connectivity index (χ4v) is 1.46. The zero-order chi connectivity index (χ0) is 12.1. The lowest BCUT2D eigenvalue weighted by molar-refractivity contribution is -0.115. The van der Waals surface area contributed by atoms with Crippen molar-refractivity contribution in [2.45, 2.75) is 6.42 Å². The van der Waals surface area contributed by atoms with Crippen LogP contribution in [-0.4, -0.2) is 28.2 Å². The molecule has 0 atom stereocenters. The maximum absolute atomic E-state index is 11.7. The van der Waals surface area contributed by atoms with E-state index in [1.165, 1.54) is 6.33 Å². The highest BCUT2D eigenvalue weighted by Crippen LogP contribution is 2.17. The van der Waals surface area contributed by atoms with E-state index in [0.717, 1.165) is 5.56 Å². The van der Waals surface area contributed by atoms with Crippen molar-refractivity contribution in [2.75, 3.05) is 12.4 Å². The summed E-state index contributed by atoms with van der Waals surface area (Å²) in [4.78, 5) is 15.5. The molecule has 88 valence electrons. The zero-order valence-corrected chi connectivity index (χ0v) is 9.30. The highest BCUT2D eigenvalue weighted by molar-refractivity contribution is 5.90. The molecule has 0 bridgehead atoms. The number of nitrogens with zero attached hydrogens (tertiary/aromatic N) is 2. The minimum atomic E-state index is -0.175. The first-order valence-corrected chi connectivity index (χ1v) is 5.06. The summed E-state index contributed by atoms with van der Waals surface area (Å²) in [5, 5.41) is 8.80. The molecule has 0 radical (unpaired) electrons. The number of rotatable bonds is 4. The molecule has 1 heterocycles. The number of anilines is 1. The number of H-pyrrole nitrogens is 1. The monoisotopic (exact) mass is 232 g/mol. The van der Waals surface area contributed by atoms with Crippen LogP contribution in [0.25, 0.3) is 0 Å². The van der Waals surface area contributed by atoms with Gasteiger partial charge < -0.3 is 4.74 Å². The fourth-order valence-electron chi connectivity index (χ4n) is 1.46. The molecular formula is C11H12N4O2. The maximum Gasteiger partial charge on any atom is 0.231 e. The molecule has 0 aliphatic heterocycles. The van der Waals surface area contributed by atoms with Crippen LogP contribution in [0.1, 0.15) is 5.56 Å². The van der Waals surface area contributed by atoms with Gasteiger partial charge in [0, 0.05) is 5.56 Å². The minimum Gasteiger partial charge on any atom is -0.496 e. The Morgan fingerprint density at radius 3 is 3.00 bits per heavy atom. The predicted octanol–water partition coefficient (Wildman–Crippen LogP) is 0.994. The van der Waals surface area contributed by atoms with Gasteiger partial charge in [0.1, 0.15) is 12.1 Å². The first-order valence-electron chi connectivity index (χ1n) is 5.06. The van der Waals surface area contributed by atoms with E-state index in [9.17, 15) is 4.79 Å². The minimum absolute atomic E-state index is 0.175. The molecule has 6 heteroatoms. The van der Waals surface area contributed by atoms with Gasteiger partial charge in [0.25, 0.3) is 0 Å². The molecule has 17 heavy (non-hydrogen) atoms. The lowest BCUT2D eigenvalue weighted by Gasteiger charge is -2.07. The second-order valence-electron chi connectivity index (χ2n) is 3.37. The normalized spacial score (nSPS) is 9.94. The SMILES string of the molecule is COc1ccccc1CC(=O)Nc1ncn[nH]1. The second kappa shape index (κ2) is 5.11. The molecule has 1 aromatic heterocycles. The highest BCUT2D eigenvalue weighted by Gasteiger charge is 2.09. The average molecular weight is 232 g/mol. The molecule has 0 aliphatic rings. The third kappa shape index (κ3) is 2.81. The van der Waals surface area contributed by atoms with Gasteiger partial charge in [-0.2, -0.15) is 10.1 Å². The van der Waals surface area contributed by atoms with E-state index in [1.54, 1.807) is 7.11 Å². The smallest absolute Gasteiger partial charge is 0.231 e. The van der Waals surface area contributed by atoms with Gasteiger partial charge >= 0.3 is 0 Å². The van der Waals surface area contributed by atoms with Crippen LogP contribution in [0.3, 0.4) is 0 Å². The number of benzene rings is 1. The first-order chi connectivity index (χ1) is 8.29. The number of carbonyl (C=O) groups is 1. The van der Waals surface area contributed by atoms with E-state index in [4.69, 9.17) is 4.74 Å². The number of methoxy groups -OCH3 is 1. The largest absolute Gasteiger partial charge is 0.496 e. The van der Waals surface area contributed by atoms with Crippen LogP contribution in [0.15, 0.2) is 30.6 Å². The first kappa shape index (κ1) is 11.1. The summed E-state index contributed by atoms with van der Waals surface area (Å²) in [5.41, 5.74) is 0.826. The van der Waals surface area contributed by atoms with Crippen molar-refractivity contribution in [1.29, 1.82) is 0 Å². The van der Waals surface area contributed by atoms with E-state index in [0.29, 0.717) is 11.7 Å². The quantitative estimate of drug-likeness (QED) is 0.824. The molecule has 1 aromatic carbocycles. The molecule has 0 fully saturated rings. The third-order valence-electron chi connectivity index (χ3n) is 2.22. The number of carbonyl (C=O) groups excluding carboxylic acids is 1. The highest BCUT2D eigenvalue weighted by atomic mass is 16.5. The van der Waals surface area contributed by atoms with Gasteiger partial charge in [0.15, 0.2) is 0 Å². The van der Waals surface area contributed by atoms with Gasteiger partial charge in [-0.15, -0.1) is 0 Å². The van der Waals surface area contributed by atoms with Gasteiger partial charge in [-0.3, -0.25) is 10.1 Å². The molecule has 0 saturated heterocycles. The topological polar surface area (TPSA) is 79.9 Å².